The molecule has 0 radical (unpaired) electrons. The Morgan fingerprint density at radius 2 is 1.33 bits per heavy atom. The Bertz CT molecular complexity index is 527. The van der Waals surface area contributed by atoms with E-state index in [2.05, 4.69) is 44.4 Å². The van der Waals surface area contributed by atoms with Crippen molar-refractivity contribution < 1.29 is 0 Å². The molecule has 114 valence electrons. The monoisotopic (exact) mass is 322 g/mol. The minimum absolute atomic E-state index is 1.00. The summed E-state index contributed by atoms with van der Waals surface area (Å²) in [6, 6.07) is 0. The highest BCUT2D eigenvalue weighted by Gasteiger charge is 2.17. The smallest absolute Gasteiger partial charge is 0.107 e. The zero-order valence-electron chi connectivity index (χ0n) is 12.7. The molecule has 1 saturated heterocycles. The van der Waals surface area contributed by atoms with Crippen LogP contribution in [0.1, 0.15) is 27.8 Å². The second kappa shape index (κ2) is 6.96. The van der Waals surface area contributed by atoms with E-state index in [0.29, 0.717) is 0 Å². The van der Waals surface area contributed by atoms with Crippen molar-refractivity contribution in [2.45, 2.75) is 33.4 Å². The van der Waals surface area contributed by atoms with E-state index in [-0.39, 0.29) is 0 Å². The van der Waals surface area contributed by atoms with Gasteiger partial charge < -0.3 is 0 Å². The highest BCUT2D eigenvalue weighted by atomic mass is 32.1. The number of hydrogen-bond acceptors (Lipinski definition) is 6. The Balaban J connectivity index is 1.51. The lowest BCUT2D eigenvalue weighted by Crippen LogP contribution is -2.30. The van der Waals surface area contributed by atoms with Crippen LogP contribution in [0.3, 0.4) is 0 Å². The van der Waals surface area contributed by atoms with Crippen molar-refractivity contribution in [1.82, 2.24) is 19.8 Å². The maximum Gasteiger partial charge on any atom is 0.107 e. The van der Waals surface area contributed by atoms with Gasteiger partial charge in [-0.05, 0) is 33.4 Å². The minimum atomic E-state index is 1.00. The molecule has 2 aromatic rings. The zero-order valence-corrected chi connectivity index (χ0v) is 14.3. The van der Waals surface area contributed by atoms with Gasteiger partial charge in [0, 0.05) is 35.2 Å². The molecule has 3 rings (SSSR count). The van der Waals surface area contributed by atoms with Gasteiger partial charge >= 0.3 is 0 Å². The zero-order chi connectivity index (χ0) is 14.7. The summed E-state index contributed by atoms with van der Waals surface area (Å²) in [5, 5.41) is 6.78. The topological polar surface area (TPSA) is 32.3 Å². The van der Waals surface area contributed by atoms with Crippen molar-refractivity contribution in [3.63, 3.8) is 0 Å². The van der Waals surface area contributed by atoms with Gasteiger partial charge in [0.05, 0.1) is 13.1 Å². The van der Waals surface area contributed by atoms with Gasteiger partial charge in [-0.25, -0.2) is 9.97 Å². The number of nitrogens with zero attached hydrogens (tertiary/aromatic N) is 4. The van der Waals surface area contributed by atoms with Crippen LogP contribution in [0.15, 0.2) is 10.8 Å². The van der Waals surface area contributed by atoms with Gasteiger partial charge in [-0.15, -0.1) is 22.7 Å². The molecule has 1 aliphatic rings. The molecular formula is C15H22N4S2. The summed E-state index contributed by atoms with van der Waals surface area (Å²) >= 11 is 3.56. The Hall–Kier alpha value is -0.820. The van der Waals surface area contributed by atoms with Crippen LogP contribution >= 0.6 is 22.7 Å². The third-order valence-electron chi connectivity index (χ3n) is 3.73. The molecule has 0 N–H and O–H groups in total. The molecule has 0 atom stereocenters. The Morgan fingerprint density at radius 3 is 1.71 bits per heavy atom. The Morgan fingerprint density at radius 1 is 0.857 bits per heavy atom. The van der Waals surface area contributed by atoms with E-state index < -0.39 is 0 Å². The van der Waals surface area contributed by atoms with Crippen LogP contribution in [0.2, 0.25) is 0 Å². The molecule has 0 unspecified atom stereocenters. The molecule has 0 aromatic carbocycles. The molecule has 6 heteroatoms. The van der Waals surface area contributed by atoms with Crippen LogP contribution in [0.5, 0.6) is 0 Å². The third-order valence-corrected chi connectivity index (χ3v) is 5.63. The first kappa shape index (κ1) is 15.1. The van der Waals surface area contributed by atoms with Gasteiger partial charge in [0.15, 0.2) is 0 Å². The number of thiazole rings is 2. The summed E-state index contributed by atoms with van der Waals surface area (Å²) in [4.78, 5) is 14.2. The van der Waals surface area contributed by atoms with Gasteiger partial charge in [0.1, 0.15) is 10.0 Å². The van der Waals surface area contributed by atoms with Crippen molar-refractivity contribution in [3.05, 3.63) is 32.2 Å². The molecule has 3 heterocycles. The molecule has 0 aliphatic carbocycles. The molecule has 1 aliphatic heterocycles. The summed E-state index contributed by atoms with van der Waals surface area (Å²) in [5.41, 5.74) is 2.29. The van der Waals surface area contributed by atoms with Crippen LogP contribution in [-0.2, 0) is 13.1 Å². The lowest BCUT2D eigenvalue weighted by Gasteiger charge is -2.20. The van der Waals surface area contributed by atoms with Crippen LogP contribution in [0, 0.1) is 13.8 Å². The first-order chi connectivity index (χ1) is 10.2. The normalized spacial score (nSPS) is 18.0. The molecule has 0 bridgehead atoms. The first-order valence-corrected chi connectivity index (χ1v) is 9.22. The number of rotatable bonds is 4. The van der Waals surface area contributed by atoms with E-state index >= 15 is 0 Å². The fraction of sp³-hybridized carbons (Fsp3) is 0.600. The van der Waals surface area contributed by atoms with Gasteiger partial charge in [0.2, 0.25) is 0 Å². The molecule has 4 nitrogen and oxygen atoms in total. The van der Waals surface area contributed by atoms with Crippen molar-refractivity contribution in [2.75, 3.05) is 26.2 Å². The van der Waals surface area contributed by atoms with E-state index in [4.69, 9.17) is 0 Å². The number of aryl methyl sites for hydroxylation is 2. The van der Waals surface area contributed by atoms with Crippen molar-refractivity contribution in [3.8, 4) is 0 Å². The van der Waals surface area contributed by atoms with E-state index in [9.17, 15) is 0 Å². The standard InChI is InChI=1S/C15H22N4S2/c1-12-10-20-14(16-12)8-18-4-3-5-19(7-6-18)9-15-17-13(2)11-21-15/h10-11H,3-9H2,1-2H3. The summed E-state index contributed by atoms with van der Waals surface area (Å²) < 4.78 is 0. The molecule has 2 aromatic heterocycles. The van der Waals surface area contributed by atoms with Gasteiger partial charge in [-0.1, -0.05) is 0 Å². The maximum atomic E-state index is 4.58. The molecule has 21 heavy (non-hydrogen) atoms. The van der Waals surface area contributed by atoms with Crippen LogP contribution < -0.4 is 0 Å². The van der Waals surface area contributed by atoms with E-state index in [1.165, 1.54) is 29.5 Å². The van der Waals surface area contributed by atoms with Crippen molar-refractivity contribution in [1.29, 1.82) is 0 Å². The minimum Gasteiger partial charge on any atom is -0.295 e. The average molecular weight is 323 g/mol. The predicted octanol–water partition coefficient (Wildman–Crippen LogP) is 2.92. The summed E-state index contributed by atoms with van der Waals surface area (Å²) in [6.45, 7) is 10.7. The van der Waals surface area contributed by atoms with Gasteiger partial charge in [-0.2, -0.15) is 0 Å². The van der Waals surface area contributed by atoms with Crippen molar-refractivity contribution in [2.24, 2.45) is 0 Å². The van der Waals surface area contributed by atoms with Crippen LogP contribution in [0.25, 0.3) is 0 Å². The van der Waals surface area contributed by atoms with Crippen LogP contribution in [-0.4, -0.2) is 45.9 Å². The van der Waals surface area contributed by atoms with Crippen molar-refractivity contribution >= 4 is 22.7 Å². The SMILES string of the molecule is Cc1csc(CN2CCCN(Cc3nc(C)cs3)CC2)n1. The first-order valence-electron chi connectivity index (χ1n) is 7.46. The molecule has 1 fully saturated rings. The number of aromatic nitrogens is 2. The second-order valence-electron chi connectivity index (χ2n) is 5.67. The largest absolute Gasteiger partial charge is 0.295 e. The summed E-state index contributed by atoms with van der Waals surface area (Å²) in [7, 11) is 0. The lowest BCUT2D eigenvalue weighted by molar-refractivity contribution is 0.246. The maximum absolute atomic E-state index is 4.58. The average Bonchev–Trinajstić information content (AvgIpc) is 2.96. The van der Waals surface area contributed by atoms with E-state index in [1.807, 2.05) is 0 Å². The fourth-order valence-corrected chi connectivity index (χ4v) is 4.30. The Labute approximate surface area is 134 Å². The molecule has 0 amide bonds. The predicted molar refractivity (Wildman–Crippen MR) is 88.9 cm³/mol. The van der Waals surface area contributed by atoms with E-state index in [1.54, 1.807) is 22.7 Å². The quantitative estimate of drug-likeness (QED) is 0.866. The molecule has 0 saturated carbocycles. The lowest BCUT2D eigenvalue weighted by atomic mass is 10.4. The Kier molecular flexibility index (Phi) is 5.00. The third kappa shape index (κ3) is 4.32. The number of hydrogen-bond donors (Lipinski definition) is 0. The highest BCUT2D eigenvalue weighted by Crippen LogP contribution is 2.16. The second-order valence-corrected chi connectivity index (χ2v) is 7.56. The summed E-state index contributed by atoms with van der Waals surface area (Å²) in [6.07, 6.45) is 1.23. The molecule has 0 spiro atoms. The summed E-state index contributed by atoms with van der Waals surface area (Å²) in [5.74, 6) is 0. The fourth-order valence-electron chi connectivity index (χ4n) is 2.67. The molecular weight excluding hydrogens is 300 g/mol. The highest BCUT2D eigenvalue weighted by molar-refractivity contribution is 7.09. The van der Waals surface area contributed by atoms with Gasteiger partial charge in [-0.3, -0.25) is 9.80 Å². The van der Waals surface area contributed by atoms with E-state index in [0.717, 1.165) is 37.6 Å². The van der Waals surface area contributed by atoms with Gasteiger partial charge in [0.25, 0.3) is 0 Å². The van der Waals surface area contributed by atoms with Crippen LogP contribution in [0.4, 0.5) is 0 Å².